The molecule has 1 saturated heterocycles. The second-order valence-corrected chi connectivity index (χ2v) is 7.47. The summed E-state index contributed by atoms with van der Waals surface area (Å²) < 4.78 is 0.706. The molecule has 0 radical (unpaired) electrons. The maximum absolute atomic E-state index is 12.3. The highest BCUT2D eigenvalue weighted by Crippen LogP contribution is 2.35. The molecule has 0 spiro atoms. The van der Waals surface area contributed by atoms with Crippen molar-refractivity contribution >= 4 is 28.7 Å². The fourth-order valence-corrected chi connectivity index (χ4v) is 4.62. The van der Waals surface area contributed by atoms with Crippen molar-refractivity contribution < 1.29 is 4.79 Å². The number of carbonyl (C=O) groups is 1. The van der Waals surface area contributed by atoms with Crippen LogP contribution in [0.4, 0.5) is 0 Å². The van der Waals surface area contributed by atoms with Gasteiger partial charge in [-0.25, -0.2) is 0 Å². The number of thiophene rings is 1. The summed E-state index contributed by atoms with van der Waals surface area (Å²) in [4.78, 5) is 15.5. The van der Waals surface area contributed by atoms with Crippen molar-refractivity contribution in [1.82, 2.24) is 4.90 Å². The molecule has 2 nitrogen and oxygen atoms in total. The third-order valence-corrected chi connectivity index (χ3v) is 5.83. The molecule has 3 rings (SSSR count). The highest BCUT2D eigenvalue weighted by Gasteiger charge is 2.34. The van der Waals surface area contributed by atoms with Gasteiger partial charge < -0.3 is 0 Å². The predicted octanol–water partition coefficient (Wildman–Crippen LogP) is 4.24. The van der Waals surface area contributed by atoms with Crippen molar-refractivity contribution in [2.75, 3.05) is 13.1 Å². The number of rotatable bonds is 4. The first kappa shape index (κ1) is 13.6. The van der Waals surface area contributed by atoms with E-state index in [1.54, 1.807) is 0 Å². The predicted molar refractivity (Wildman–Crippen MR) is 80.2 cm³/mol. The number of ketones is 1. The lowest BCUT2D eigenvalue weighted by Crippen LogP contribution is -2.38. The number of Topliss-reactive ketones (excluding diaryl/α,β-unsaturated/α-hetero) is 1. The van der Waals surface area contributed by atoms with E-state index < -0.39 is 0 Å². The van der Waals surface area contributed by atoms with Gasteiger partial charge in [-0.1, -0.05) is 24.4 Å². The van der Waals surface area contributed by atoms with Crippen LogP contribution >= 0.6 is 22.9 Å². The fraction of sp³-hybridized carbons (Fsp3) is 0.667. The van der Waals surface area contributed by atoms with E-state index in [2.05, 4.69) is 4.90 Å². The van der Waals surface area contributed by atoms with Gasteiger partial charge in [0.25, 0.3) is 0 Å². The molecule has 1 atom stereocenters. The number of carbonyl (C=O) groups excluding carboxylic acids is 1. The van der Waals surface area contributed by atoms with Crippen LogP contribution in [0.15, 0.2) is 12.1 Å². The zero-order valence-corrected chi connectivity index (χ0v) is 12.7. The summed E-state index contributed by atoms with van der Waals surface area (Å²) in [5, 5.41) is 0. The Kier molecular flexibility index (Phi) is 4.25. The number of hydrogen-bond acceptors (Lipinski definition) is 3. The maximum Gasteiger partial charge on any atom is 0.186 e. The van der Waals surface area contributed by atoms with Gasteiger partial charge in [0.1, 0.15) is 0 Å². The van der Waals surface area contributed by atoms with E-state index in [-0.39, 0.29) is 5.78 Å². The molecule has 104 valence electrons. The maximum atomic E-state index is 12.3. The van der Waals surface area contributed by atoms with Crippen molar-refractivity contribution in [3.8, 4) is 0 Å². The van der Waals surface area contributed by atoms with Gasteiger partial charge in [0.05, 0.1) is 15.8 Å². The Hall–Kier alpha value is -0.380. The first-order chi connectivity index (χ1) is 9.24. The molecule has 1 aliphatic carbocycles. The molecular formula is C15H20ClNOS. The van der Waals surface area contributed by atoms with Gasteiger partial charge in [0.15, 0.2) is 5.78 Å². The van der Waals surface area contributed by atoms with E-state index in [4.69, 9.17) is 11.6 Å². The number of halogens is 1. The molecule has 19 heavy (non-hydrogen) atoms. The lowest BCUT2D eigenvalue weighted by atomic mass is 9.96. The molecule has 1 aliphatic heterocycles. The minimum Gasteiger partial charge on any atom is -0.293 e. The van der Waals surface area contributed by atoms with Gasteiger partial charge in [0.2, 0.25) is 0 Å². The van der Waals surface area contributed by atoms with E-state index in [1.807, 2.05) is 12.1 Å². The third kappa shape index (κ3) is 3.04. The molecule has 0 bridgehead atoms. The van der Waals surface area contributed by atoms with Crippen LogP contribution in [-0.2, 0) is 0 Å². The van der Waals surface area contributed by atoms with Crippen molar-refractivity contribution in [3.63, 3.8) is 0 Å². The van der Waals surface area contributed by atoms with Crippen LogP contribution in [0.3, 0.4) is 0 Å². The molecule has 1 aromatic rings. The largest absolute Gasteiger partial charge is 0.293 e. The molecule has 0 aromatic carbocycles. The van der Waals surface area contributed by atoms with Crippen LogP contribution in [-0.4, -0.2) is 29.8 Å². The highest BCUT2D eigenvalue weighted by molar-refractivity contribution is 7.18. The fourth-order valence-electron chi connectivity index (χ4n) is 3.65. The van der Waals surface area contributed by atoms with Crippen LogP contribution in [0.1, 0.15) is 48.2 Å². The lowest BCUT2D eigenvalue weighted by molar-refractivity contribution is 0.0900. The Morgan fingerprint density at radius 2 is 2.05 bits per heavy atom. The quantitative estimate of drug-likeness (QED) is 0.775. The van der Waals surface area contributed by atoms with E-state index >= 15 is 0 Å². The van der Waals surface area contributed by atoms with E-state index in [0.717, 1.165) is 17.3 Å². The normalized spacial score (nSPS) is 25.2. The average molecular weight is 298 g/mol. The summed E-state index contributed by atoms with van der Waals surface area (Å²) in [5.74, 6) is 1.07. The molecule has 2 heterocycles. The summed E-state index contributed by atoms with van der Waals surface area (Å²) in [6, 6.07) is 4.33. The minimum absolute atomic E-state index is 0.238. The number of nitrogens with zero attached hydrogens (tertiary/aromatic N) is 1. The average Bonchev–Trinajstić information content (AvgIpc) is 3.07. The van der Waals surface area contributed by atoms with Crippen molar-refractivity contribution in [2.24, 2.45) is 5.92 Å². The Morgan fingerprint density at radius 1 is 1.26 bits per heavy atom. The molecule has 0 N–H and O–H groups in total. The summed E-state index contributed by atoms with van der Waals surface area (Å²) >= 11 is 7.31. The monoisotopic (exact) mass is 297 g/mol. The smallest absolute Gasteiger partial charge is 0.186 e. The standard InChI is InChI=1S/C15H20ClNOS/c16-15-8-7-14(19-15)13(18)10-17-9-3-6-12(17)11-4-1-2-5-11/h7-8,11-12H,1-6,9-10H2. The molecule has 4 heteroatoms. The first-order valence-corrected chi connectivity index (χ1v) is 8.46. The van der Waals surface area contributed by atoms with Crippen LogP contribution in [0.2, 0.25) is 4.34 Å². The van der Waals surface area contributed by atoms with Gasteiger partial charge in [0, 0.05) is 6.04 Å². The summed E-state index contributed by atoms with van der Waals surface area (Å²) in [6.45, 7) is 1.67. The highest BCUT2D eigenvalue weighted by atomic mass is 35.5. The lowest BCUT2D eigenvalue weighted by Gasteiger charge is -2.28. The van der Waals surface area contributed by atoms with Crippen molar-refractivity contribution in [2.45, 2.75) is 44.6 Å². The first-order valence-electron chi connectivity index (χ1n) is 7.26. The van der Waals surface area contributed by atoms with Gasteiger partial charge in [-0.15, -0.1) is 11.3 Å². The molecule has 2 fully saturated rings. The number of likely N-dealkylation sites (tertiary alicyclic amines) is 1. The minimum atomic E-state index is 0.238. The molecule has 1 unspecified atom stereocenters. The van der Waals surface area contributed by atoms with E-state index in [9.17, 15) is 4.79 Å². The van der Waals surface area contributed by atoms with Gasteiger partial charge in [-0.2, -0.15) is 0 Å². The second-order valence-electron chi connectivity index (χ2n) is 5.75. The molecule has 1 aromatic heterocycles. The summed E-state index contributed by atoms with van der Waals surface area (Å²) in [5.41, 5.74) is 0. The van der Waals surface area contributed by atoms with Crippen molar-refractivity contribution in [1.29, 1.82) is 0 Å². The van der Waals surface area contributed by atoms with E-state index in [1.165, 1.54) is 49.9 Å². The summed E-state index contributed by atoms with van der Waals surface area (Å²) in [7, 11) is 0. The van der Waals surface area contributed by atoms with Crippen LogP contribution in [0.25, 0.3) is 0 Å². The molecule has 2 aliphatic rings. The molecule has 1 saturated carbocycles. The Morgan fingerprint density at radius 3 is 2.74 bits per heavy atom. The topological polar surface area (TPSA) is 20.3 Å². The Balaban J connectivity index is 1.63. The van der Waals surface area contributed by atoms with Crippen LogP contribution in [0, 0.1) is 5.92 Å². The summed E-state index contributed by atoms with van der Waals surface area (Å²) in [6.07, 6.45) is 8.01. The van der Waals surface area contributed by atoms with Crippen LogP contribution in [0.5, 0.6) is 0 Å². The zero-order valence-electron chi connectivity index (χ0n) is 11.1. The van der Waals surface area contributed by atoms with E-state index in [0.29, 0.717) is 16.9 Å². The van der Waals surface area contributed by atoms with Gasteiger partial charge in [-0.3, -0.25) is 9.69 Å². The third-order valence-electron chi connectivity index (χ3n) is 4.55. The number of hydrogen-bond donors (Lipinski definition) is 0. The van der Waals surface area contributed by atoms with Gasteiger partial charge in [-0.05, 0) is 50.3 Å². The zero-order chi connectivity index (χ0) is 13.2. The SMILES string of the molecule is O=C(CN1CCCC1C1CCCC1)c1ccc(Cl)s1. The molecule has 0 amide bonds. The molecular weight excluding hydrogens is 278 g/mol. The Bertz CT molecular complexity index is 453. The van der Waals surface area contributed by atoms with Crippen molar-refractivity contribution in [3.05, 3.63) is 21.3 Å². The van der Waals surface area contributed by atoms with Gasteiger partial charge >= 0.3 is 0 Å². The Labute approximate surface area is 123 Å². The second kappa shape index (κ2) is 5.94. The van der Waals surface area contributed by atoms with Crippen LogP contribution < -0.4 is 0 Å².